The van der Waals surface area contributed by atoms with Crippen LogP contribution >= 0.6 is 11.3 Å². The summed E-state index contributed by atoms with van der Waals surface area (Å²) in [5, 5.41) is 5.33. The molecule has 20 heavy (non-hydrogen) atoms. The van der Waals surface area contributed by atoms with Gasteiger partial charge in [0.15, 0.2) is 0 Å². The van der Waals surface area contributed by atoms with Crippen molar-refractivity contribution in [1.29, 1.82) is 0 Å². The molecule has 1 N–H and O–H groups in total. The standard InChI is InChI=1S/C17H21NOS/c1-18-10-9-16(17-6-3-11-20-17)19-15-8-7-13-4-2-5-14(13)12-15/h3,6-8,11-12,16,18H,2,4-5,9-10H2,1H3. The molecule has 2 aromatic rings. The molecule has 1 aromatic heterocycles. The predicted molar refractivity (Wildman–Crippen MR) is 84.7 cm³/mol. The van der Waals surface area contributed by atoms with Gasteiger partial charge in [0.05, 0.1) is 0 Å². The van der Waals surface area contributed by atoms with Crippen molar-refractivity contribution in [2.45, 2.75) is 31.8 Å². The average molecular weight is 287 g/mol. The van der Waals surface area contributed by atoms with E-state index in [0.29, 0.717) is 0 Å². The molecule has 1 atom stereocenters. The topological polar surface area (TPSA) is 21.3 Å². The Labute approximate surface area is 124 Å². The van der Waals surface area contributed by atoms with E-state index in [1.807, 2.05) is 7.05 Å². The molecule has 0 bridgehead atoms. The molecule has 106 valence electrons. The van der Waals surface area contributed by atoms with Crippen LogP contribution in [0.25, 0.3) is 0 Å². The lowest BCUT2D eigenvalue weighted by molar-refractivity contribution is 0.198. The maximum absolute atomic E-state index is 6.26. The van der Waals surface area contributed by atoms with Crippen molar-refractivity contribution in [1.82, 2.24) is 5.32 Å². The zero-order valence-corrected chi connectivity index (χ0v) is 12.7. The number of ether oxygens (including phenoxy) is 1. The molecule has 0 saturated heterocycles. The van der Waals surface area contributed by atoms with Gasteiger partial charge in [0.2, 0.25) is 0 Å². The lowest BCUT2D eigenvalue weighted by Gasteiger charge is -2.18. The van der Waals surface area contributed by atoms with E-state index in [2.05, 4.69) is 41.0 Å². The molecule has 2 nitrogen and oxygen atoms in total. The molecule has 0 aliphatic heterocycles. The van der Waals surface area contributed by atoms with Gasteiger partial charge in [-0.25, -0.2) is 0 Å². The van der Waals surface area contributed by atoms with Gasteiger partial charge in [-0.05, 0) is 67.6 Å². The van der Waals surface area contributed by atoms with Crippen LogP contribution in [0.2, 0.25) is 0 Å². The van der Waals surface area contributed by atoms with Crippen LogP contribution in [0.15, 0.2) is 35.7 Å². The van der Waals surface area contributed by atoms with Gasteiger partial charge < -0.3 is 10.1 Å². The van der Waals surface area contributed by atoms with E-state index in [0.717, 1.165) is 18.7 Å². The van der Waals surface area contributed by atoms with Gasteiger partial charge in [-0.15, -0.1) is 11.3 Å². The van der Waals surface area contributed by atoms with Crippen LogP contribution < -0.4 is 10.1 Å². The molecule has 1 aliphatic carbocycles. The van der Waals surface area contributed by atoms with E-state index in [1.54, 1.807) is 11.3 Å². The van der Waals surface area contributed by atoms with Crippen LogP contribution in [0.1, 0.15) is 34.9 Å². The molecule has 3 heteroatoms. The fourth-order valence-electron chi connectivity index (χ4n) is 2.79. The highest BCUT2D eigenvalue weighted by molar-refractivity contribution is 7.10. The number of benzene rings is 1. The predicted octanol–water partition coefficient (Wildman–Crippen LogP) is 3.97. The van der Waals surface area contributed by atoms with Crippen LogP contribution in [-0.2, 0) is 12.8 Å². The quantitative estimate of drug-likeness (QED) is 0.868. The van der Waals surface area contributed by atoms with Gasteiger partial charge in [-0.1, -0.05) is 12.1 Å². The van der Waals surface area contributed by atoms with Gasteiger partial charge in [0.1, 0.15) is 11.9 Å². The summed E-state index contributed by atoms with van der Waals surface area (Å²) >= 11 is 1.77. The Morgan fingerprint density at radius 1 is 1.25 bits per heavy atom. The molecule has 1 aromatic carbocycles. The summed E-state index contributed by atoms with van der Waals surface area (Å²) in [6.45, 7) is 0.966. The molecule has 0 saturated carbocycles. The minimum Gasteiger partial charge on any atom is -0.485 e. The minimum absolute atomic E-state index is 0.155. The van der Waals surface area contributed by atoms with Crippen LogP contribution in [0.3, 0.4) is 0 Å². The van der Waals surface area contributed by atoms with Crippen LogP contribution in [0.5, 0.6) is 5.75 Å². The highest BCUT2D eigenvalue weighted by Gasteiger charge is 2.16. The average Bonchev–Trinajstić information content (AvgIpc) is 3.13. The largest absolute Gasteiger partial charge is 0.485 e. The van der Waals surface area contributed by atoms with Crippen molar-refractivity contribution in [3.8, 4) is 5.75 Å². The Bertz CT molecular complexity index is 550. The number of hydrogen-bond acceptors (Lipinski definition) is 3. The normalized spacial score (nSPS) is 15.1. The minimum atomic E-state index is 0.155. The van der Waals surface area contributed by atoms with Crippen LogP contribution in [-0.4, -0.2) is 13.6 Å². The van der Waals surface area contributed by atoms with Crippen molar-refractivity contribution in [2.75, 3.05) is 13.6 Å². The Morgan fingerprint density at radius 3 is 2.95 bits per heavy atom. The maximum Gasteiger partial charge on any atom is 0.134 e. The second-order valence-electron chi connectivity index (χ2n) is 5.30. The first kappa shape index (κ1) is 13.7. The summed E-state index contributed by atoms with van der Waals surface area (Å²) < 4.78 is 6.26. The Balaban J connectivity index is 1.75. The van der Waals surface area contributed by atoms with Crippen molar-refractivity contribution in [3.63, 3.8) is 0 Å². The van der Waals surface area contributed by atoms with E-state index in [4.69, 9.17) is 4.74 Å². The highest BCUT2D eigenvalue weighted by atomic mass is 32.1. The molecule has 1 aliphatic rings. The van der Waals surface area contributed by atoms with E-state index in [1.165, 1.54) is 35.3 Å². The summed E-state index contributed by atoms with van der Waals surface area (Å²) in [7, 11) is 1.99. The van der Waals surface area contributed by atoms with E-state index in [-0.39, 0.29) is 6.10 Å². The summed E-state index contributed by atoms with van der Waals surface area (Å²) in [5.74, 6) is 1.01. The molecule has 1 unspecified atom stereocenters. The maximum atomic E-state index is 6.26. The zero-order chi connectivity index (χ0) is 13.8. The monoisotopic (exact) mass is 287 g/mol. The summed E-state index contributed by atoms with van der Waals surface area (Å²) in [6.07, 6.45) is 4.86. The number of rotatable bonds is 6. The van der Waals surface area contributed by atoms with E-state index < -0.39 is 0 Å². The fourth-order valence-corrected chi connectivity index (χ4v) is 3.58. The molecular weight excluding hydrogens is 266 g/mol. The third-order valence-electron chi connectivity index (χ3n) is 3.87. The summed E-state index contributed by atoms with van der Waals surface area (Å²) in [4.78, 5) is 1.31. The molecule has 0 spiro atoms. The second kappa shape index (κ2) is 6.42. The number of fused-ring (bicyclic) bond motifs is 1. The van der Waals surface area contributed by atoms with Crippen LogP contribution in [0, 0.1) is 0 Å². The Kier molecular flexibility index (Phi) is 4.38. The number of thiophene rings is 1. The smallest absolute Gasteiger partial charge is 0.134 e. The fraction of sp³-hybridized carbons (Fsp3) is 0.412. The molecule has 0 radical (unpaired) electrons. The highest BCUT2D eigenvalue weighted by Crippen LogP contribution is 2.31. The molecule has 0 amide bonds. The van der Waals surface area contributed by atoms with Gasteiger partial charge in [0, 0.05) is 11.3 Å². The Morgan fingerprint density at radius 2 is 2.15 bits per heavy atom. The third-order valence-corrected chi connectivity index (χ3v) is 4.83. The lowest BCUT2D eigenvalue weighted by Crippen LogP contribution is -2.15. The second-order valence-corrected chi connectivity index (χ2v) is 6.28. The molecular formula is C17H21NOS. The van der Waals surface area contributed by atoms with Crippen molar-refractivity contribution in [2.24, 2.45) is 0 Å². The van der Waals surface area contributed by atoms with Crippen molar-refractivity contribution >= 4 is 11.3 Å². The third kappa shape index (κ3) is 3.05. The first-order chi connectivity index (χ1) is 9.86. The van der Waals surface area contributed by atoms with Gasteiger partial charge in [-0.3, -0.25) is 0 Å². The first-order valence-electron chi connectivity index (χ1n) is 7.33. The molecule has 3 rings (SSSR count). The molecule has 0 fully saturated rings. The van der Waals surface area contributed by atoms with Crippen molar-refractivity contribution in [3.05, 3.63) is 51.7 Å². The number of aryl methyl sites for hydroxylation is 2. The van der Waals surface area contributed by atoms with Gasteiger partial charge >= 0.3 is 0 Å². The van der Waals surface area contributed by atoms with Gasteiger partial charge in [-0.2, -0.15) is 0 Å². The van der Waals surface area contributed by atoms with E-state index >= 15 is 0 Å². The van der Waals surface area contributed by atoms with Gasteiger partial charge in [0.25, 0.3) is 0 Å². The zero-order valence-electron chi connectivity index (χ0n) is 11.9. The first-order valence-corrected chi connectivity index (χ1v) is 8.21. The van der Waals surface area contributed by atoms with Crippen LogP contribution in [0.4, 0.5) is 0 Å². The van der Waals surface area contributed by atoms with Crippen molar-refractivity contribution < 1.29 is 4.74 Å². The molecule has 1 heterocycles. The number of nitrogens with one attached hydrogen (secondary N) is 1. The number of hydrogen-bond donors (Lipinski definition) is 1. The van der Waals surface area contributed by atoms with E-state index in [9.17, 15) is 0 Å². The SMILES string of the molecule is CNCCC(Oc1ccc2c(c1)CCC2)c1cccs1. The Hall–Kier alpha value is -1.32. The summed E-state index contributed by atoms with van der Waals surface area (Å²) in [6, 6.07) is 10.9. The lowest BCUT2D eigenvalue weighted by atomic mass is 10.1. The summed E-state index contributed by atoms with van der Waals surface area (Å²) in [5.41, 5.74) is 2.97.